The van der Waals surface area contributed by atoms with E-state index < -0.39 is 12.0 Å². The summed E-state index contributed by atoms with van der Waals surface area (Å²) < 4.78 is 5.97. The Hall–Kier alpha value is -2.19. The van der Waals surface area contributed by atoms with Gasteiger partial charge in [-0.1, -0.05) is 26.8 Å². The average molecular weight is 503 g/mol. The van der Waals surface area contributed by atoms with Gasteiger partial charge in [-0.2, -0.15) is 0 Å². The third-order valence-corrected chi connectivity index (χ3v) is 6.98. The van der Waals surface area contributed by atoms with E-state index in [9.17, 15) is 14.7 Å². The Morgan fingerprint density at radius 1 is 1.19 bits per heavy atom. The number of hydrogen-bond acceptors (Lipinski definition) is 6. The van der Waals surface area contributed by atoms with Gasteiger partial charge in [0.1, 0.15) is 11.9 Å². The number of amides is 1. The molecule has 2 heterocycles. The van der Waals surface area contributed by atoms with Crippen LogP contribution in [0.4, 0.5) is 5.82 Å². The number of unbranched alkanes of at least 4 members (excludes halogenated alkanes) is 1. The van der Waals surface area contributed by atoms with Gasteiger partial charge in [0.25, 0.3) is 0 Å². The minimum absolute atomic E-state index is 0.180. The first kappa shape index (κ1) is 28.4. The second kappa shape index (κ2) is 13.9. The second-order valence-corrected chi connectivity index (χ2v) is 11.5. The Balaban J connectivity index is 1.46. The van der Waals surface area contributed by atoms with Gasteiger partial charge >= 0.3 is 5.97 Å². The van der Waals surface area contributed by atoms with Crippen molar-refractivity contribution in [2.45, 2.75) is 97.1 Å². The van der Waals surface area contributed by atoms with E-state index in [0.29, 0.717) is 32.1 Å². The molecule has 0 spiro atoms. The molecule has 0 bridgehead atoms. The highest BCUT2D eigenvalue weighted by molar-refractivity contribution is 5.83. The number of rotatable bonds is 15. The number of aromatic nitrogens is 1. The molecular weight excluding hydrogens is 456 g/mol. The van der Waals surface area contributed by atoms with E-state index in [2.05, 4.69) is 27.7 Å². The predicted molar refractivity (Wildman–Crippen MR) is 142 cm³/mol. The summed E-state index contributed by atoms with van der Waals surface area (Å²) in [5, 5.41) is 15.8. The van der Waals surface area contributed by atoms with Gasteiger partial charge < -0.3 is 25.4 Å². The van der Waals surface area contributed by atoms with Crippen molar-refractivity contribution in [1.29, 1.82) is 0 Å². The molecular formula is C28H46N4O4. The third kappa shape index (κ3) is 10.1. The van der Waals surface area contributed by atoms with Crippen molar-refractivity contribution in [3.05, 3.63) is 23.4 Å². The lowest BCUT2D eigenvalue weighted by Gasteiger charge is -2.29. The fraction of sp³-hybridized carbons (Fsp3) is 0.750. The van der Waals surface area contributed by atoms with E-state index >= 15 is 0 Å². The Labute approximate surface area is 216 Å². The Morgan fingerprint density at radius 3 is 2.69 bits per heavy atom. The van der Waals surface area contributed by atoms with Crippen LogP contribution < -0.4 is 10.6 Å². The number of nitrogens with zero attached hydrogens (tertiary/aromatic N) is 2. The number of anilines is 1. The number of ether oxygens (including phenoxy) is 1. The van der Waals surface area contributed by atoms with Crippen LogP contribution in [0, 0.1) is 5.41 Å². The predicted octanol–water partition coefficient (Wildman–Crippen LogP) is 4.03. The van der Waals surface area contributed by atoms with Gasteiger partial charge in [-0.15, -0.1) is 0 Å². The highest BCUT2D eigenvalue weighted by atomic mass is 16.5. The summed E-state index contributed by atoms with van der Waals surface area (Å²) in [5.41, 5.74) is 2.25. The van der Waals surface area contributed by atoms with Crippen molar-refractivity contribution in [3.63, 3.8) is 0 Å². The van der Waals surface area contributed by atoms with E-state index in [1.807, 2.05) is 20.8 Å². The van der Waals surface area contributed by atoms with Crippen LogP contribution in [0.1, 0.15) is 83.4 Å². The molecule has 1 aromatic rings. The van der Waals surface area contributed by atoms with Gasteiger partial charge in [0.15, 0.2) is 0 Å². The van der Waals surface area contributed by atoms with Crippen LogP contribution in [0.15, 0.2) is 12.1 Å². The molecule has 0 radical (unpaired) electrons. The van der Waals surface area contributed by atoms with E-state index in [4.69, 9.17) is 9.72 Å². The fourth-order valence-corrected chi connectivity index (χ4v) is 4.67. The number of nitrogens with one attached hydrogen (secondary N) is 2. The number of pyridine rings is 1. The molecule has 0 aromatic carbocycles. The third-order valence-electron chi connectivity index (χ3n) is 6.98. The molecule has 1 aromatic heterocycles. The molecule has 1 amide bonds. The smallest absolute Gasteiger partial charge is 0.326 e. The van der Waals surface area contributed by atoms with E-state index in [1.54, 1.807) is 0 Å². The van der Waals surface area contributed by atoms with E-state index in [-0.39, 0.29) is 11.3 Å². The van der Waals surface area contributed by atoms with Crippen LogP contribution in [0.2, 0.25) is 0 Å². The van der Waals surface area contributed by atoms with E-state index in [1.165, 1.54) is 12.0 Å². The molecule has 3 N–H and O–H groups in total. The maximum Gasteiger partial charge on any atom is 0.326 e. The van der Waals surface area contributed by atoms with Crippen molar-refractivity contribution in [3.8, 4) is 0 Å². The average Bonchev–Trinajstić information content (AvgIpc) is 2.78. The van der Waals surface area contributed by atoms with Gasteiger partial charge in [-0.05, 0) is 81.4 Å². The molecule has 8 heteroatoms. The zero-order valence-electron chi connectivity index (χ0n) is 22.5. The van der Waals surface area contributed by atoms with Crippen molar-refractivity contribution < 1.29 is 19.4 Å². The minimum Gasteiger partial charge on any atom is -0.480 e. The van der Waals surface area contributed by atoms with Crippen molar-refractivity contribution in [2.75, 3.05) is 38.1 Å². The molecule has 0 saturated heterocycles. The molecule has 36 heavy (non-hydrogen) atoms. The van der Waals surface area contributed by atoms with Crippen LogP contribution >= 0.6 is 0 Å². The number of hydrogen-bond donors (Lipinski definition) is 3. The maximum atomic E-state index is 12.3. The van der Waals surface area contributed by atoms with Crippen molar-refractivity contribution >= 4 is 17.7 Å². The van der Waals surface area contributed by atoms with E-state index in [0.717, 1.165) is 76.1 Å². The largest absolute Gasteiger partial charge is 0.480 e. The Kier molecular flexibility index (Phi) is 11.0. The summed E-state index contributed by atoms with van der Waals surface area (Å²) in [4.78, 5) is 31.2. The molecule has 202 valence electrons. The number of carboxylic acid groups (broad SMARTS) is 1. The molecule has 1 atom stereocenters. The first-order valence-corrected chi connectivity index (χ1v) is 13.8. The summed E-state index contributed by atoms with van der Waals surface area (Å²) in [6.45, 7) is 9.85. The number of carboxylic acids is 1. The highest BCUT2D eigenvalue weighted by Crippen LogP contribution is 2.22. The van der Waals surface area contributed by atoms with Crippen molar-refractivity contribution in [2.24, 2.45) is 5.41 Å². The molecule has 1 aliphatic heterocycles. The summed E-state index contributed by atoms with van der Waals surface area (Å²) in [6, 6.07) is 3.48. The molecule has 8 nitrogen and oxygen atoms in total. The summed E-state index contributed by atoms with van der Waals surface area (Å²) >= 11 is 0. The summed E-state index contributed by atoms with van der Waals surface area (Å²) in [7, 11) is 0. The van der Waals surface area contributed by atoms with Crippen molar-refractivity contribution in [1.82, 2.24) is 15.2 Å². The number of fused-ring (bicyclic) bond motifs is 1. The summed E-state index contributed by atoms with van der Waals surface area (Å²) in [5.74, 6) is -0.140. The number of carbonyl (C=O) groups is 2. The maximum absolute atomic E-state index is 12.3. The van der Waals surface area contributed by atoms with Gasteiger partial charge in [-0.25, -0.2) is 9.78 Å². The topological polar surface area (TPSA) is 104 Å². The minimum atomic E-state index is -0.977. The lowest BCUT2D eigenvalue weighted by atomic mass is 9.92. The van der Waals surface area contributed by atoms with Crippen LogP contribution in [0.5, 0.6) is 0 Å². The quantitative estimate of drug-likeness (QED) is 0.311. The fourth-order valence-electron chi connectivity index (χ4n) is 4.67. The molecule has 1 unspecified atom stereocenters. The molecule has 1 aliphatic carbocycles. The van der Waals surface area contributed by atoms with Gasteiger partial charge in [0.05, 0.1) is 12.7 Å². The normalized spacial score (nSPS) is 16.7. The highest BCUT2D eigenvalue weighted by Gasteiger charge is 2.24. The first-order chi connectivity index (χ1) is 17.2. The van der Waals surface area contributed by atoms with Crippen LogP contribution in [0.3, 0.4) is 0 Å². The SMILES string of the molecule is CC(C)(C)CC(=O)NC(CCN(CCCCc1ccc2c(n1)NCCC2)CCOC1CCC1)C(=O)O. The zero-order chi connectivity index (χ0) is 26.0. The Morgan fingerprint density at radius 2 is 2.00 bits per heavy atom. The molecule has 2 aliphatic rings. The van der Waals surface area contributed by atoms with Crippen LogP contribution in [-0.2, 0) is 27.2 Å². The lowest BCUT2D eigenvalue weighted by molar-refractivity contribution is -0.142. The standard InChI is InChI=1S/C28H46N4O4/c1-28(2,3)20-25(33)31-24(27(34)35)14-17-32(18-19-36-23-10-6-11-23)16-5-4-9-22-13-12-21-8-7-15-29-26(21)30-22/h12-13,23-24H,4-11,14-20H2,1-3H3,(H,29,30)(H,31,33)(H,34,35). The number of carbonyl (C=O) groups excluding carboxylic acids is 1. The molecule has 3 rings (SSSR count). The number of aliphatic carboxylic acids is 1. The molecule has 1 saturated carbocycles. The molecule has 1 fully saturated rings. The van der Waals surface area contributed by atoms with Crippen LogP contribution in [-0.4, -0.2) is 71.8 Å². The lowest BCUT2D eigenvalue weighted by Crippen LogP contribution is -2.44. The number of aryl methyl sites for hydroxylation is 2. The van der Waals surface area contributed by atoms with Gasteiger partial charge in [0.2, 0.25) is 5.91 Å². The monoisotopic (exact) mass is 502 g/mol. The van der Waals surface area contributed by atoms with Crippen LogP contribution in [0.25, 0.3) is 0 Å². The van der Waals surface area contributed by atoms with Gasteiger partial charge in [-0.3, -0.25) is 4.79 Å². The zero-order valence-corrected chi connectivity index (χ0v) is 22.5. The Bertz CT molecular complexity index is 850. The summed E-state index contributed by atoms with van der Waals surface area (Å²) in [6.07, 6.45) is 9.83. The second-order valence-electron chi connectivity index (χ2n) is 11.5. The van der Waals surface area contributed by atoms with Gasteiger partial charge in [0, 0.05) is 31.7 Å². The first-order valence-electron chi connectivity index (χ1n) is 13.8.